The Morgan fingerprint density at radius 3 is 2.69 bits per heavy atom. The van der Waals surface area contributed by atoms with Crippen LogP contribution in [0.1, 0.15) is 26.5 Å². The van der Waals surface area contributed by atoms with Gasteiger partial charge >= 0.3 is 0 Å². The van der Waals surface area contributed by atoms with Crippen molar-refractivity contribution in [3.05, 3.63) is 22.6 Å². The highest BCUT2D eigenvalue weighted by Crippen LogP contribution is 2.22. The third kappa shape index (κ3) is 6.16. The summed E-state index contributed by atoms with van der Waals surface area (Å²) < 4.78 is 24.3. The van der Waals surface area contributed by atoms with Gasteiger partial charge in [0.2, 0.25) is 0 Å². The Kier molecular flexibility index (Phi) is 7.06. The van der Waals surface area contributed by atoms with Crippen LogP contribution in [0.2, 0.25) is 25.7 Å². The molecule has 0 amide bonds. The van der Waals surface area contributed by atoms with E-state index < -0.39 is 24.2 Å². The van der Waals surface area contributed by atoms with Crippen molar-refractivity contribution in [1.82, 2.24) is 14.5 Å². The first-order chi connectivity index (χ1) is 12.0. The van der Waals surface area contributed by atoms with Crippen LogP contribution in [-0.4, -0.2) is 44.7 Å². The van der Waals surface area contributed by atoms with Gasteiger partial charge in [-0.15, -0.1) is 0 Å². The molecule has 0 radical (unpaired) electrons. The predicted molar refractivity (Wildman–Crippen MR) is 115 cm³/mol. The summed E-state index contributed by atoms with van der Waals surface area (Å²) in [5.74, 6) is 0. The van der Waals surface area contributed by atoms with E-state index >= 15 is 0 Å². The Morgan fingerprint density at radius 1 is 1.38 bits per heavy atom. The lowest BCUT2D eigenvalue weighted by atomic mass is 10.3. The predicted octanol–water partition coefficient (Wildman–Crippen LogP) is 4.39. The van der Waals surface area contributed by atoms with Crippen LogP contribution < -0.4 is 0 Å². The minimum absolute atomic E-state index is 0.401. The molecule has 1 atom stereocenters. The molecule has 0 aliphatic rings. The lowest BCUT2D eigenvalue weighted by Crippen LogP contribution is -2.25. The molecule has 0 aromatic carbocycles. The molecule has 2 aromatic heterocycles. The molecule has 0 fully saturated rings. The lowest BCUT2D eigenvalue weighted by Gasteiger charge is -2.17. The standard InChI is InChI=1S/C17H27BrN4O2SSi/c1-17(2,3)25(23)20-10-14-13(18)9-15-16(21-14)19-11-22(15)12-24-7-8-26(4,5)6/h9-11H,7-8,12H2,1-6H3. The van der Waals surface area contributed by atoms with Crippen molar-refractivity contribution in [3.8, 4) is 0 Å². The van der Waals surface area contributed by atoms with Gasteiger partial charge in [0.25, 0.3) is 0 Å². The van der Waals surface area contributed by atoms with Gasteiger partial charge in [-0.2, -0.15) is 0 Å². The molecule has 0 aliphatic carbocycles. The molecule has 2 aromatic rings. The van der Waals surface area contributed by atoms with E-state index in [-0.39, 0.29) is 0 Å². The van der Waals surface area contributed by atoms with Gasteiger partial charge in [0.15, 0.2) is 5.65 Å². The molecular weight excluding hydrogens is 432 g/mol. The number of imidazole rings is 1. The van der Waals surface area contributed by atoms with Crippen molar-refractivity contribution in [2.24, 2.45) is 4.40 Å². The van der Waals surface area contributed by atoms with Crippen LogP contribution in [0.25, 0.3) is 11.2 Å². The molecule has 2 heterocycles. The number of hydrogen-bond acceptors (Lipinski definition) is 5. The van der Waals surface area contributed by atoms with Crippen LogP contribution in [0.15, 0.2) is 21.3 Å². The summed E-state index contributed by atoms with van der Waals surface area (Å²) in [7, 11) is -1.09. The second-order valence-corrected chi connectivity index (χ2v) is 16.8. The highest BCUT2D eigenvalue weighted by Gasteiger charge is 2.26. The van der Waals surface area contributed by atoms with Crippen molar-refractivity contribution >= 4 is 52.7 Å². The molecule has 0 saturated carbocycles. The number of nitrogens with zero attached hydrogens (tertiary/aromatic N) is 4. The highest BCUT2D eigenvalue weighted by molar-refractivity contribution is 9.10. The van der Waals surface area contributed by atoms with E-state index in [9.17, 15) is 4.55 Å². The van der Waals surface area contributed by atoms with Crippen molar-refractivity contribution < 1.29 is 9.29 Å². The summed E-state index contributed by atoms with van der Waals surface area (Å²) in [5.41, 5.74) is 2.11. The molecule has 6 nitrogen and oxygen atoms in total. The first kappa shape index (κ1) is 21.6. The number of fused-ring (bicyclic) bond motifs is 1. The van der Waals surface area contributed by atoms with E-state index in [0.29, 0.717) is 18.1 Å². The van der Waals surface area contributed by atoms with Crippen LogP contribution in [-0.2, 0) is 22.8 Å². The van der Waals surface area contributed by atoms with Crippen molar-refractivity contribution in [2.45, 2.75) is 57.9 Å². The quantitative estimate of drug-likeness (QED) is 0.266. The number of ether oxygens (including phenoxy) is 1. The van der Waals surface area contributed by atoms with Crippen molar-refractivity contribution in [1.29, 1.82) is 0 Å². The van der Waals surface area contributed by atoms with E-state index in [1.165, 1.54) is 6.21 Å². The average molecular weight is 459 g/mol. The third-order valence-corrected chi connectivity index (χ3v) is 7.30. The molecule has 26 heavy (non-hydrogen) atoms. The Balaban J connectivity index is 2.11. The van der Waals surface area contributed by atoms with Gasteiger partial charge in [0, 0.05) is 19.2 Å². The summed E-state index contributed by atoms with van der Waals surface area (Å²) >= 11 is 2.19. The van der Waals surface area contributed by atoms with Gasteiger partial charge in [-0.3, -0.25) is 0 Å². The molecule has 0 aliphatic heterocycles. The van der Waals surface area contributed by atoms with Crippen molar-refractivity contribution in [2.75, 3.05) is 6.61 Å². The molecule has 0 saturated heterocycles. The molecule has 0 spiro atoms. The van der Waals surface area contributed by atoms with Crippen LogP contribution in [0.4, 0.5) is 0 Å². The van der Waals surface area contributed by atoms with Gasteiger partial charge in [-0.05, 0) is 48.8 Å². The zero-order chi connectivity index (χ0) is 19.5. The van der Waals surface area contributed by atoms with Gasteiger partial charge in [-0.25, -0.2) is 9.97 Å². The van der Waals surface area contributed by atoms with Gasteiger partial charge in [0.05, 0.1) is 11.8 Å². The van der Waals surface area contributed by atoms with Crippen LogP contribution in [0.3, 0.4) is 0 Å². The molecule has 2 rings (SSSR count). The lowest BCUT2D eigenvalue weighted by molar-refractivity contribution is 0.0898. The van der Waals surface area contributed by atoms with Gasteiger partial charge in [0.1, 0.15) is 34.7 Å². The van der Waals surface area contributed by atoms with Gasteiger partial charge < -0.3 is 13.9 Å². The van der Waals surface area contributed by atoms with E-state index in [1.807, 2.05) is 31.4 Å². The van der Waals surface area contributed by atoms with Gasteiger partial charge in [-0.1, -0.05) is 24.0 Å². The van der Waals surface area contributed by atoms with E-state index in [4.69, 9.17) is 4.74 Å². The van der Waals surface area contributed by atoms with E-state index in [1.54, 1.807) is 6.33 Å². The summed E-state index contributed by atoms with van der Waals surface area (Å²) in [6.45, 7) is 13.9. The highest BCUT2D eigenvalue weighted by atomic mass is 79.9. The monoisotopic (exact) mass is 458 g/mol. The fourth-order valence-electron chi connectivity index (χ4n) is 1.97. The largest absolute Gasteiger partial charge is 0.591 e. The van der Waals surface area contributed by atoms with Crippen LogP contribution in [0.5, 0.6) is 0 Å². The number of aromatic nitrogens is 3. The zero-order valence-electron chi connectivity index (χ0n) is 16.2. The first-order valence-corrected chi connectivity index (χ1v) is 14.1. The Bertz CT molecular complexity index is 783. The van der Waals surface area contributed by atoms with E-state index in [0.717, 1.165) is 22.6 Å². The minimum atomic E-state index is -1.32. The van der Waals surface area contributed by atoms with Crippen LogP contribution in [0, 0.1) is 0 Å². The fraction of sp³-hybridized carbons (Fsp3) is 0.588. The molecule has 1 unspecified atom stereocenters. The Labute approximate surface area is 167 Å². The zero-order valence-corrected chi connectivity index (χ0v) is 19.6. The van der Waals surface area contributed by atoms with E-state index in [2.05, 4.69) is 49.9 Å². The summed E-state index contributed by atoms with van der Waals surface area (Å²) in [6.07, 6.45) is 3.27. The average Bonchev–Trinajstić information content (AvgIpc) is 2.89. The number of halogens is 1. The normalized spacial score (nSPS) is 14.5. The third-order valence-electron chi connectivity index (χ3n) is 3.61. The second-order valence-electron chi connectivity index (χ2n) is 8.36. The molecule has 0 N–H and O–H groups in total. The number of hydrogen-bond donors (Lipinski definition) is 0. The molecule has 9 heteroatoms. The summed E-state index contributed by atoms with van der Waals surface area (Å²) in [4.78, 5) is 8.85. The SMILES string of the molecule is CC(C)(C)[S+]([O-])N=Cc1nc2ncn(COCC[Si](C)(C)C)c2cc1Br. The summed E-state index contributed by atoms with van der Waals surface area (Å²) in [6, 6.07) is 3.08. The maximum atomic E-state index is 12.1. The van der Waals surface area contributed by atoms with Crippen LogP contribution >= 0.6 is 15.9 Å². The minimum Gasteiger partial charge on any atom is -0.591 e. The Morgan fingerprint density at radius 2 is 2.08 bits per heavy atom. The topological polar surface area (TPSA) is 75.4 Å². The molecule has 0 bridgehead atoms. The molecular formula is C17H27BrN4O2SSi. The Hall–Kier alpha value is -0.743. The fourth-order valence-corrected chi connectivity index (χ4v) is 3.64. The smallest absolute Gasteiger partial charge is 0.178 e. The maximum absolute atomic E-state index is 12.1. The van der Waals surface area contributed by atoms with Crippen molar-refractivity contribution in [3.63, 3.8) is 0 Å². The first-order valence-electron chi connectivity index (χ1n) is 8.52. The number of pyridine rings is 1. The number of rotatable bonds is 7. The maximum Gasteiger partial charge on any atom is 0.178 e. The summed E-state index contributed by atoms with van der Waals surface area (Å²) in [5, 5.41) is 0. The molecule has 144 valence electrons. The second kappa shape index (κ2) is 8.51.